The monoisotopic (exact) mass is 551 g/mol. The molecule has 0 saturated carbocycles. The predicted molar refractivity (Wildman–Crippen MR) is 141 cm³/mol. The molecule has 39 heavy (non-hydrogen) atoms. The number of hydrogen-bond donors (Lipinski definition) is 1. The Morgan fingerprint density at radius 2 is 1.92 bits per heavy atom. The maximum Gasteiger partial charge on any atom is 0.387 e. The molecule has 0 bridgehead atoms. The highest BCUT2D eigenvalue weighted by molar-refractivity contribution is 6.34. The number of fused-ring (bicyclic) bond motifs is 3. The van der Waals surface area contributed by atoms with Crippen molar-refractivity contribution in [1.29, 1.82) is 0 Å². The van der Waals surface area contributed by atoms with Crippen LogP contribution < -0.4 is 4.74 Å². The van der Waals surface area contributed by atoms with E-state index in [9.17, 15) is 13.9 Å². The molecule has 3 aromatic heterocycles. The topological polar surface area (TPSA) is 104 Å². The molecule has 4 heterocycles. The largest absolute Gasteiger partial charge is 0.434 e. The Balaban J connectivity index is 1.52. The summed E-state index contributed by atoms with van der Waals surface area (Å²) < 4.78 is 35.8. The Hall–Kier alpha value is -3.96. The van der Waals surface area contributed by atoms with E-state index in [4.69, 9.17) is 21.3 Å². The number of rotatable bonds is 6. The maximum absolute atomic E-state index is 13.5. The summed E-state index contributed by atoms with van der Waals surface area (Å²) in [5.41, 5.74) is 2.88. The molecule has 0 spiro atoms. The molecular formula is C27H24ClF2N7O2. The zero-order valence-corrected chi connectivity index (χ0v) is 22.1. The molecule has 1 aliphatic heterocycles. The van der Waals surface area contributed by atoms with Crippen molar-refractivity contribution in [3.8, 4) is 28.3 Å². The molecule has 0 radical (unpaired) electrons. The Labute approximate surface area is 227 Å². The minimum atomic E-state index is -2.99. The zero-order valence-electron chi connectivity index (χ0n) is 21.3. The van der Waals surface area contributed by atoms with Gasteiger partial charge in [0.25, 0.3) is 0 Å². The van der Waals surface area contributed by atoms with Crippen LogP contribution in [0.4, 0.5) is 8.78 Å². The molecule has 2 aromatic carbocycles. The van der Waals surface area contributed by atoms with Crippen molar-refractivity contribution in [1.82, 2.24) is 34.3 Å². The van der Waals surface area contributed by atoms with Gasteiger partial charge in [-0.25, -0.2) is 15.0 Å². The van der Waals surface area contributed by atoms with Gasteiger partial charge in [-0.2, -0.15) is 8.78 Å². The van der Waals surface area contributed by atoms with Crippen LogP contribution in [0.3, 0.4) is 0 Å². The minimum absolute atomic E-state index is 0.0787. The lowest BCUT2D eigenvalue weighted by Crippen LogP contribution is -2.19. The lowest BCUT2D eigenvalue weighted by Gasteiger charge is -2.22. The van der Waals surface area contributed by atoms with E-state index in [2.05, 4.69) is 24.7 Å². The van der Waals surface area contributed by atoms with E-state index in [-0.39, 0.29) is 11.8 Å². The van der Waals surface area contributed by atoms with E-state index >= 15 is 0 Å². The number of aliphatic hydroxyl groups is 1. The maximum atomic E-state index is 13.5. The van der Waals surface area contributed by atoms with E-state index in [0.29, 0.717) is 57.3 Å². The van der Waals surface area contributed by atoms with Gasteiger partial charge >= 0.3 is 6.61 Å². The molecule has 1 N–H and O–H groups in total. The van der Waals surface area contributed by atoms with Crippen molar-refractivity contribution in [3.05, 3.63) is 71.3 Å². The molecule has 9 nitrogen and oxygen atoms in total. The van der Waals surface area contributed by atoms with Crippen LogP contribution in [0.25, 0.3) is 33.5 Å². The van der Waals surface area contributed by atoms with E-state index in [1.807, 2.05) is 12.1 Å². The van der Waals surface area contributed by atoms with Crippen molar-refractivity contribution in [3.63, 3.8) is 0 Å². The number of ether oxygens (including phenoxy) is 1. The van der Waals surface area contributed by atoms with Gasteiger partial charge < -0.3 is 19.0 Å². The van der Waals surface area contributed by atoms with Gasteiger partial charge in [0.2, 0.25) is 0 Å². The Bertz CT molecular complexity index is 1690. The van der Waals surface area contributed by atoms with Gasteiger partial charge in [-0.1, -0.05) is 23.7 Å². The molecule has 0 saturated heterocycles. The van der Waals surface area contributed by atoms with Gasteiger partial charge in [-0.05, 0) is 38.5 Å². The van der Waals surface area contributed by atoms with Crippen LogP contribution in [0.2, 0.25) is 5.02 Å². The number of aryl methyl sites for hydroxylation is 2. The molecule has 0 fully saturated rings. The van der Waals surface area contributed by atoms with Crippen LogP contribution in [0.5, 0.6) is 5.75 Å². The molecule has 0 unspecified atom stereocenters. The first kappa shape index (κ1) is 25.3. The molecule has 5 aromatic rings. The van der Waals surface area contributed by atoms with E-state index in [0.717, 1.165) is 11.3 Å². The molecule has 200 valence electrons. The van der Waals surface area contributed by atoms with Crippen LogP contribution in [0, 0.1) is 0 Å². The smallest absolute Gasteiger partial charge is 0.387 e. The van der Waals surface area contributed by atoms with Gasteiger partial charge in [-0.15, -0.1) is 10.2 Å². The van der Waals surface area contributed by atoms with Crippen molar-refractivity contribution in [2.45, 2.75) is 44.9 Å². The average Bonchev–Trinajstić information content (AvgIpc) is 3.58. The molecule has 0 amide bonds. The lowest BCUT2D eigenvalue weighted by atomic mass is 9.96. The Kier molecular flexibility index (Phi) is 6.07. The third-order valence-corrected chi connectivity index (χ3v) is 7.19. The predicted octanol–water partition coefficient (Wildman–Crippen LogP) is 5.31. The highest BCUT2D eigenvalue weighted by Crippen LogP contribution is 2.45. The fraction of sp³-hybridized carbons (Fsp3) is 0.296. The lowest BCUT2D eigenvalue weighted by molar-refractivity contribution is -0.0506. The van der Waals surface area contributed by atoms with Gasteiger partial charge in [0.05, 0.1) is 22.1 Å². The quantitative estimate of drug-likeness (QED) is 0.305. The van der Waals surface area contributed by atoms with Crippen LogP contribution in [0.1, 0.15) is 43.5 Å². The van der Waals surface area contributed by atoms with Crippen molar-refractivity contribution in [2.75, 3.05) is 0 Å². The molecule has 1 atom stereocenters. The minimum Gasteiger partial charge on any atom is -0.434 e. The van der Waals surface area contributed by atoms with Gasteiger partial charge in [-0.3, -0.25) is 0 Å². The number of imidazole rings is 1. The Morgan fingerprint density at radius 1 is 1.15 bits per heavy atom. The summed E-state index contributed by atoms with van der Waals surface area (Å²) in [6.45, 7) is 0.236. The summed E-state index contributed by atoms with van der Waals surface area (Å²) in [5, 5.41) is 18.9. The molecule has 1 aliphatic rings. The summed E-state index contributed by atoms with van der Waals surface area (Å²) in [4.78, 5) is 13.4. The number of nitrogens with zero attached hydrogens (tertiary/aromatic N) is 7. The third kappa shape index (κ3) is 4.41. The second kappa shape index (κ2) is 9.35. The fourth-order valence-corrected chi connectivity index (χ4v) is 5.44. The van der Waals surface area contributed by atoms with Crippen LogP contribution in [-0.2, 0) is 19.1 Å². The summed E-state index contributed by atoms with van der Waals surface area (Å²) in [6.07, 6.45) is 6.06. The number of benzene rings is 2. The first-order valence-corrected chi connectivity index (χ1v) is 12.7. The van der Waals surface area contributed by atoms with Crippen molar-refractivity contribution in [2.24, 2.45) is 7.05 Å². The highest BCUT2D eigenvalue weighted by Gasteiger charge is 2.33. The standard InChI is InChI=1S/C27H24ClF2N7O2/c1-27(2,38)25-31-11-14(12-32-25)16-9-20-18(10-17(16)28)34-22-8-7-19(37(20)22)23-15(24-35-33-13-36(24)3)5-4-6-21(23)39-26(29)30/h4-6,9-13,19,26,38H,7-8H2,1-3H3/t19-/m1/s1. The zero-order chi connectivity index (χ0) is 27.5. The first-order valence-electron chi connectivity index (χ1n) is 12.3. The van der Waals surface area contributed by atoms with Gasteiger partial charge in [0, 0.05) is 48.1 Å². The van der Waals surface area contributed by atoms with Crippen LogP contribution >= 0.6 is 11.6 Å². The van der Waals surface area contributed by atoms with Crippen molar-refractivity contribution < 1.29 is 18.6 Å². The van der Waals surface area contributed by atoms with Crippen molar-refractivity contribution >= 4 is 22.6 Å². The number of halogens is 3. The number of alkyl halides is 2. The fourth-order valence-electron chi connectivity index (χ4n) is 5.17. The Morgan fingerprint density at radius 3 is 2.59 bits per heavy atom. The van der Waals surface area contributed by atoms with E-state index < -0.39 is 12.2 Å². The molecule has 12 heteroatoms. The summed E-state index contributed by atoms with van der Waals surface area (Å²) in [5.74, 6) is 1.72. The average molecular weight is 552 g/mol. The van der Waals surface area contributed by atoms with Crippen LogP contribution in [0.15, 0.2) is 49.1 Å². The second-order valence-corrected chi connectivity index (χ2v) is 10.4. The third-order valence-electron chi connectivity index (χ3n) is 6.88. The van der Waals surface area contributed by atoms with E-state index in [1.54, 1.807) is 62.4 Å². The molecule has 6 rings (SSSR count). The van der Waals surface area contributed by atoms with Gasteiger partial charge in [0.1, 0.15) is 23.5 Å². The summed E-state index contributed by atoms with van der Waals surface area (Å²) in [7, 11) is 1.80. The normalized spacial score (nSPS) is 15.3. The van der Waals surface area contributed by atoms with Gasteiger partial charge in [0.15, 0.2) is 11.6 Å². The molecule has 0 aliphatic carbocycles. The van der Waals surface area contributed by atoms with E-state index in [1.165, 1.54) is 0 Å². The summed E-state index contributed by atoms with van der Waals surface area (Å²) in [6, 6.07) is 8.38. The summed E-state index contributed by atoms with van der Waals surface area (Å²) >= 11 is 6.66. The SMILES string of the molecule is Cn1cnnc1-c1cccc(OC(F)F)c1[C@H]1CCc2nc3cc(Cl)c(-c4cnc(C(C)(C)O)nc4)cc3n21. The number of aromatic nitrogens is 7. The number of hydrogen-bond acceptors (Lipinski definition) is 7. The first-order chi connectivity index (χ1) is 18.6. The molecular weight excluding hydrogens is 528 g/mol. The second-order valence-electron chi connectivity index (χ2n) is 9.99. The van der Waals surface area contributed by atoms with Crippen LogP contribution in [-0.4, -0.2) is 46.0 Å². The highest BCUT2D eigenvalue weighted by atomic mass is 35.5.